The van der Waals surface area contributed by atoms with Gasteiger partial charge in [-0.3, -0.25) is 11.3 Å². The Morgan fingerprint density at radius 2 is 2.28 bits per heavy atom. The molecule has 18 heavy (non-hydrogen) atoms. The van der Waals surface area contributed by atoms with Crippen LogP contribution in [0.25, 0.3) is 0 Å². The van der Waals surface area contributed by atoms with Crippen molar-refractivity contribution >= 4 is 11.6 Å². The first-order valence-corrected chi connectivity index (χ1v) is 5.93. The third-order valence-corrected chi connectivity index (χ3v) is 2.99. The predicted octanol–water partition coefficient (Wildman–Crippen LogP) is 0.919. The fourth-order valence-corrected chi connectivity index (χ4v) is 2.01. The van der Waals surface area contributed by atoms with Gasteiger partial charge in [0.2, 0.25) is 0 Å². The predicted molar refractivity (Wildman–Crippen MR) is 68.8 cm³/mol. The highest BCUT2D eigenvalue weighted by Crippen LogP contribution is 2.23. The molecule has 1 aromatic heterocycles. The smallest absolute Gasteiger partial charge is 0.176 e. The highest BCUT2D eigenvalue weighted by Gasteiger charge is 2.16. The SMILES string of the molecule is Cc1ccc(Cl)cc1C(Cc1nnn(C)n1)NN. The zero-order valence-corrected chi connectivity index (χ0v) is 11.0. The molecule has 1 heterocycles. The normalized spacial score (nSPS) is 12.7. The lowest BCUT2D eigenvalue weighted by atomic mass is 9.99. The first-order valence-electron chi connectivity index (χ1n) is 5.55. The minimum absolute atomic E-state index is 0.0899. The maximum absolute atomic E-state index is 6.01. The Morgan fingerprint density at radius 1 is 1.50 bits per heavy atom. The largest absolute Gasteiger partial charge is 0.271 e. The van der Waals surface area contributed by atoms with Gasteiger partial charge in [0.1, 0.15) is 0 Å². The Bertz CT molecular complexity index is 538. The van der Waals surface area contributed by atoms with Crippen molar-refractivity contribution < 1.29 is 0 Å². The van der Waals surface area contributed by atoms with E-state index in [0.717, 1.165) is 11.1 Å². The van der Waals surface area contributed by atoms with E-state index in [1.807, 2.05) is 25.1 Å². The van der Waals surface area contributed by atoms with Crippen molar-refractivity contribution in [3.05, 3.63) is 40.2 Å². The van der Waals surface area contributed by atoms with E-state index in [4.69, 9.17) is 17.4 Å². The lowest BCUT2D eigenvalue weighted by Gasteiger charge is -2.17. The van der Waals surface area contributed by atoms with E-state index in [0.29, 0.717) is 17.3 Å². The Kier molecular flexibility index (Phi) is 3.90. The van der Waals surface area contributed by atoms with E-state index in [1.165, 1.54) is 4.80 Å². The summed E-state index contributed by atoms with van der Waals surface area (Å²) in [5.41, 5.74) is 4.92. The number of nitrogens with zero attached hydrogens (tertiary/aromatic N) is 4. The first kappa shape index (κ1) is 12.9. The van der Waals surface area contributed by atoms with E-state index in [2.05, 4.69) is 20.8 Å². The van der Waals surface area contributed by atoms with Crippen molar-refractivity contribution in [1.82, 2.24) is 25.6 Å². The van der Waals surface area contributed by atoms with Crippen LogP contribution in [0.15, 0.2) is 18.2 Å². The van der Waals surface area contributed by atoms with E-state index in [-0.39, 0.29) is 6.04 Å². The summed E-state index contributed by atoms with van der Waals surface area (Å²) in [6.07, 6.45) is 0.561. The molecule has 0 saturated heterocycles. The molecule has 0 radical (unpaired) electrons. The lowest BCUT2D eigenvalue weighted by molar-refractivity contribution is 0.534. The molecule has 0 aliphatic rings. The van der Waals surface area contributed by atoms with Crippen LogP contribution in [-0.2, 0) is 13.5 Å². The minimum Gasteiger partial charge on any atom is -0.271 e. The highest BCUT2D eigenvalue weighted by molar-refractivity contribution is 6.30. The first-order chi connectivity index (χ1) is 8.60. The molecule has 0 aliphatic heterocycles. The Hall–Kier alpha value is -1.50. The Morgan fingerprint density at radius 3 is 2.89 bits per heavy atom. The van der Waals surface area contributed by atoms with Gasteiger partial charge in [0, 0.05) is 11.4 Å². The van der Waals surface area contributed by atoms with Crippen molar-refractivity contribution in [1.29, 1.82) is 0 Å². The summed E-state index contributed by atoms with van der Waals surface area (Å²) in [4.78, 5) is 1.42. The number of benzene rings is 1. The number of hydrogen-bond acceptors (Lipinski definition) is 5. The molecule has 0 spiro atoms. The average molecular weight is 267 g/mol. The van der Waals surface area contributed by atoms with Crippen LogP contribution in [0.2, 0.25) is 5.02 Å². The zero-order valence-electron chi connectivity index (χ0n) is 10.3. The Balaban J connectivity index is 2.25. The number of hydrazine groups is 1. The summed E-state index contributed by atoms with van der Waals surface area (Å²) in [5.74, 6) is 6.24. The van der Waals surface area contributed by atoms with Crippen LogP contribution in [-0.4, -0.2) is 20.2 Å². The van der Waals surface area contributed by atoms with Crippen LogP contribution in [0.4, 0.5) is 0 Å². The average Bonchev–Trinajstić information content (AvgIpc) is 2.75. The van der Waals surface area contributed by atoms with Gasteiger partial charge in [-0.1, -0.05) is 17.7 Å². The summed E-state index contributed by atoms with van der Waals surface area (Å²) in [6.45, 7) is 2.01. The third kappa shape index (κ3) is 2.84. The van der Waals surface area contributed by atoms with Crippen molar-refractivity contribution in [2.45, 2.75) is 19.4 Å². The Labute approximate surface area is 110 Å². The van der Waals surface area contributed by atoms with Crippen LogP contribution < -0.4 is 11.3 Å². The molecule has 2 aromatic rings. The molecule has 0 saturated carbocycles. The molecule has 7 heteroatoms. The summed E-state index contributed by atoms with van der Waals surface area (Å²) in [6, 6.07) is 5.63. The van der Waals surface area contributed by atoms with E-state index in [1.54, 1.807) is 7.05 Å². The number of rotatable bonds is 4. The summed E-state index contributed by atoms with van der Waals surface area (Å²) in [7, 11) is 1.73. The molecule has 3 N–H and O–H groups in total. The lowest BCUT2D eigenvalue weighted by Crippen LogP contribution is -2.30. The quantitative estimate of drug-likeness (QED) is 0.635. The molecular weight excluding hydrogens is 252 g/mol. The van der Waals surface area contributed by atoms with E-state index < -0.39 is 0 Å². The van der Waals surface area contributed by atoms with Gasteiger partial charge in [0.25, 0.3) is 0 Å². The number of nitrogens with two attached hydrogens (primary N) is 1. The maximum atomic E-state index is 6.01. The number of aryl methyl sites for hydroxylation is 2. The summed E-state index contributed by atoms with van der Waals surface area (Å²) >= 11 is 6.01. The number of nitrogens with one attached hydrogen (secondary N) is 1. The van der Waals surface area contributed by atoms with Crippen molar-refractivity contribution in [3.63, 3.8) is 0 Å². The van der Waals surface area contributed by atoms with Gasteiger partial charge < -0.3 is 0 Å². The molecule has 1 unspecified atom stereocenters. The topological polar surface area (TPSA) is 81.7 Å². The van der Waals surface area contributed by atoms with Gasteiger partial charge in [-0.05, 0) is 35.4 Å². The fraction of sp³-hybridized carbons (Fsp3) is 0.364. The van der Waals surface area contributed by atoms with Gasteiger partial charge in [-0.2, -0.15) is 4.80 Å². The molecule has 6 nitrogen and oxygen atoms in total. The van der Waals surface area contributed by atoms with Gasteiger partial charge in [0.15, 0.2) is 5.82 Å². The van der Waals surface area contributed by atoms with E-state index >= 15 is 0 Å². The maximum Gasteiger partial charge on any atom is 0.176 e. The van der Waals surface area contributed by atoms with Gasteiger partial charge in [-0.15, -0.1) is 10.2 Å². The molecule has 0 aliphatic carbocycles. The second-order valence-electron chi connectivity index (χ2n) is 4.12. The van der Waals surface area contributed by atoms with Gasteiger partial charge in [0.05, 0.1) is 13.1 Å². The van der Waals surface area contributed by atoms with Gasteiger partial charge >= 0.3 is 0 Å². The second kappa shape index (κ2) is 5.43. The van der Waals surface area contributed by atoms with Crippen molar-refractivity contribution in [3.8, 4) is 0 Å². The molecule has 1 atom stereocenters. The number of aromatic nitrogens is 4. The number of halogens is 1. The number of tetrazole rings is 1. The molecular formula is C11H15ClN6. The second-order valence-corrected chi connectivity index (χ2v) is 4.56. The summed E-state index contributed by atoms with van der Waals surface area (Å²) < 4.78 is 0. The highest BCUT2D eigenvalue weighted by atomic mass is 35.5. The molecule has 96 valence electrons. The van der Waals surface area contributed by atoms with Crippen molar-refractivity contribution in [2.24, 2.45) is 12.9 Å². The molecule has 0 amide bonds. The molecule has 0 fully saturated rings. The standard InChI is InChI=1S/C11H15ClN6/c1-7-3-4-8(12)5-9(7)10(14-13)6-11-15-17-18(2)16-11/h3-5,10,14H,6,13H2,1-2H3. The molecule has 0 bridgehead atoms. The third-order valence-electron chi connectivity index (χ3n) is 2.75. The fourth-order valence-electron chi connectivity index (χ4n) is 1.83. The summed E-state index contributed by atoms with van der Waals surface area (Å²) in [5, 5.41) is 12.6. The van der Waals surface area contributed by atoms with Crippen LogP contribution in [0.5, 0.6) is 0 Å². The van der Waals surface area contributed by atoms with Gasteiger partial charge in [-0.25, -0.2) is 0 Å². The molecule has 2 rings (SSSR count). The van der Waals surface area contributed by atoms with E-state index in [9.17, 15) is 0 Å². The van der Waals surface area contributed by atoms with Crippen LogP contribution in [0, 0.1) is 6.92 Å². The minimum atomic E-state index is -0.0899. The van der Waals surface area contributed by atoms with Crippen LogP contribution in [0.3, 0.4) is 0 Å². The molecule has 1 aromatic carbocycles. The number of hydrogen-bond donors (Lipinski definition) is 2. The monoisotopic (exact) mass is 266 g/mol. The van der Waals surface area contributed by atoms with Crippen LogP contribution in [0.1, 0.15) is 23.0 Å². The van der Waals surface area contributed by atoms with Crippen molar-refractivity contribution in [2.75, 3.05) is 0 Å². The van der Waals surface area contributed by atoms with Crippen LogP contribution >= 0.6 is 11.6 Å². The zero-order chi connectivity index (χ0) is 13.1.